The second kappa shape index (κ2) is 5.40. The highest BCUT2D eigenvalue weighted by atomic mass is 32.2. The van der Waals surface area contributed by atoms with E-state index in [0.717, 1.165) is 4.88 Å². The van der Waals surface area contributed by atoms with Crippen molar-refractivity contribution in [3.8, 4) is 10.7 Å². The standard InChI is InChI=1S/C11H16N4O2S2/c1-15-11(8(12)5-7-19(2,16)17)13-10(14-15)9-4-3-6-18-9/h3-4,6,8H,5,7,12H2,1-2H3. The molecule has 0 saturated heterocycles. The number of nitrogens with zero attached hydrogens (tertiary/aromatic N) is 3. The summed E-state index contributed by atoms with van der Waals surface area (Å²) in [6.07, 6.45) is 1.54. The average Bonchev–Trinajstić information content (AvgIpc) is 2.93. The van der Waals surface area contributed by atoms with Gasteiger partial charge in [0.05, 0.1) is 16.7 Å². The molecule has 0 radical (unpaired) electrons. The third kappa shape index (κ3) is 3.62. The zero-order valence-corrected chi connectivity index (χ0v) is 12.4. The second-order valence-corrected chi connectivity index (χ2v) is 7.63. The molecule has 19 heavy (non-hydrogen) atoms. The summed E-state index contributed by atoms with van der Waals surface area (Å²) >= 11 is 1.55. The van der Waals surface area contributed by atoms with Crippen LogP contribution >= 0.6 is 11.3 Å². The van der Waals surface area contributed by atoms with Crippen LogP contribution < -0.4 is 5.73 Å². The van der Waals surface area contributed by atoms with E-state index >= 15 is 0 Å². The van der Waals surface area contributed by atoms with E-state index in [-0.39, 0.29) is 5.75 Å². The summed E-state index contributed by atoms with van der Waals surface area (Å²) in [7, 11) is -1.25. The molecule has 104 valence electrons. The lowest BCUT2D eigenvalue weighted by molar-refractivity contribution is 0.570. The third-order valence-electron chi connectivity index (χ3n) is 2.67. The lowest BCUT2D eigenvalue weighted by Gasteiger charge is -2.09. The van der Waals surface area contributed by atoms with Crippen LogP contribution in [0.3, 0.4) is 0 Å². The molecule has 1 atom stereocenters. The van der Waals surface area contributed by atoms with Crippen molar-refractivity contribution in [1.29, 1.82) is 0 Å². The van der Waals surface area contributed by atoms with Gasteiger partial charge in [-0.25, -0.2) is 13.4 Å². The molecule has 2 aromatic rings. The van der Waals surface area contributed by atoms with E-state index in [1.807, 2.05) is 17.5 Å². The Morgan fingerprint density at radius 1 is 1.53 bits per heavy atom. The number of thiophene rings is 1. The molecule has 0 aromatic carbocycles. The summed E-state index contributed by atoms with van der Waals surface area (Å²) in [4.78, 5) is 5.36. The van der Waals surface area contributed by atoms with E-state index < -0.39 is 15.9 Å². The highest BCUT2D eigenvalue weighted by Gasteiger charge is 2.17. The molecule has 0 spiro atoms. The van der Waals surface area contributed by atoms with Crippen molar-refractivity contribution in [2.24, 2.45) is 12.8 Å². The molecule has 0 aliphatic rings. The molecule has 0 fully saturated rings. The van der Waals surface area contributed by atoms with Gasteiger partial charge in [0.1, 0.15) is 15.7 Å². The van der Waals surface area contributed by atoms with Crippen molar-refractivity contribution in [2.45, 2.75) is 12.5 Å². The van der Waals surface area contributed by atoms with Crippen molar-refractivity contribution in [1.82, 2.24) is 14.8 Å². The number of nitrogens with two attached hydrogens (primary N) is 1. The topological polar surface area (TPSA) is 90.9 Å². The Morgan fingerprint density at radius 2 is 2.26 bits per heavy atom. The summed E-state index contributed by atoms with van der Waals surface area (Å²) in [5.41, 5.74) is 5.99. The van der Waals surface area contributed by atoms with Gasteiger partial charge in [-0.3, -0.25) is 4.68 Å². The van der Waals surface area contributed by atoms with Crippen molar-refractivity contribution in [2.75, 3.05) is 12.0 Å². The third-order valence-corrected chi connectivity index (χ3v) is 4.51. The number of hydrogen-bond acceptors (Lipinski definition) is 6. The monoisotopic (exact) mass is 300 g/mol. The van der Waals surface area contributed by atoms with Gasteiger partial charge in [0.15, 0.2) is 5.82 Å². The van der Waals surface area contributed by atoms with Crippen LogP contribution in [-0.4, -0.2) is 35.2 Å². The number of sulfone groups is 1. The lowest BCUT2D eigenvalue weighted by atomic mass is 10.2. The Morgan fingerprint density at radius 3 is 2.84 bits per heavy atom. The molecule has 0 amide bonds. The minimum absolute atomic E-state index is 0.0510. The number of aryl methyl sites for hydroxylation is 1. The van der Waals surface area contributed by atoms with Gasteiger partial charge in [-0.05, 0) is 17.9 Å². The van der Waals surface area contributed by atoms with E-state index in [4.69, 9.17) is 5.73 Å². The Labute approximate surface area is 116 Å². The van der Waals surface area contributed by atoms with Crippen LogP contribution in [0, 0.1) is 0 Å². The minimum Gasteiger partial charge on any atom is -0.321 e. The number of hydrogen-bond donors (Lipinski definition) is 1. The zero-order valence-electron chi connectivity index (χ0n) is 10.8. The quantitative estimate of drug-likeness (QED) is 0.888. The van der Waals surface area contributed by atoms with Crippen LogP contribution in [0.5, 0.6) is 0 Å². The molecular weight excluding hydrogens is 284 g/mol. The van der Waals surface area contributed by atoms with Crippen LogP contribution in [0.2, 0.25) is 0 Å². The van der Waals surface area contributed by atoms with E-state index in [1.165, 1.54) is 6.26 Å². The predicted molar refractivity (Wildman–Crippen MR) is 75.6 cm³/mol. The Kier molecular flexibility index (Phi) is 4.02. The van der Waals surface area contributed by atoms with E-state index in [2.05, 4.69) is 10.1 Å². The van der Waals surface area contributed by atoms with E-state index in [0.29, 0.717) is 18.1 Å². The number of aromatic nitrogens is 3. The highest BCUT2D eigenvalue weighted by molar-refractivity contribution is 7.90. The molecule has 0 aliphatic carbocycles. The fourth-order valence-corrected chi connectivity index (χ4v) is 3.03. The second-order valence-electron chi connectivity index (χ2n) is 4.42. The fraction of sp³-hybridized carbons (Fsp3) is 0.455. The molecule has 0 bridgehead atoms. The minimum atomic E-state index is -3.01. The Balaban J connectivity index is 2.17. The van der Waals surface area contributed by atoms with Gasteiger partial charge in [0.25, 0.3) is 0 Å². The van der Waals surface area contributed by atoms with Crippen LogP contribution in [0.25, 0.3) is 10.7 Å². The zero-order chi connectivity index (χ0) is 14.0. The Hall–Kier alpha value is -1.25. The molecule has 2 heterocycles. The summed E-state index contributed by atoms with van der Waals surface area (Å²) < 4.78 is 23.9. The van der Waals surface area contributed by atoms with Gasteiger partial charge >= 0.3 is 0 Å². The summed E-state index contributed by atoms with van der Waals surface area (Å²) in [6.45, 7) is 0. The lowest BCUT2D eigenvalue weighted by Crippen LogP contribution is -2.19. The fourth-order valence-electron chi connectivity index (χ4n) is 1.70. The maximum Gasteiger partial charge on any atom is 0.191 e. The van der Waals surface area contributed by atoms with Gasteiger partial charge in [0, 0.05) is 13.3 Å². The molecule has 2 N–H and O–H groups in total. The summed E-state index contributed by atoms with van der Waals surface area (Å²) in [5.74, 6) is 1.28. The molecule has 1 unspecified atom stereocenters. The summed E-state index contributed by atoms with van der Waals surface area (Å²) in [5, 5.41) is 6.26. The van der Waals surface area contributed by atoms with Crippen LogP contribution in [0.15, 0.2) is 17.5 Å². The first-order chi connectivity index (χ1) is 8.87. The van der Waals surface area contributed by atoms with Gasteiger partial charge in [-0.2, -0.15) is 5.10 Å². The molecular formula is C11H16N4O2S2. The largest absolute Gasteiger partial charge is 0.321 e. The van der Waals surface area contributed by atoms with E-state index in [9.17, 15) is 8.42 Å². The first kappa shape index (κ1) is 14.2. The molecule has 0 aliphatic heterocycles. The van der Waals surface area contributed by atoms with E-state index in [1.54, 1.807) is 23.1 Å². The first-order valence-corrected chi connectivity index (χ1v) is 8.69. The summed E-state index contributed by atoms with van der Waals surface area (Å²) in [6, 6.07) is 3.44. The SMILES string of the molecule is Cn1nc(-c2cccs2)nc1C(N)CCS(C)(=O)=O. The number of rotatable bonds is 5. The van der Waals surface area contributed by atoms with Crippen molar-refractivity contribution < 1.29 is 8.42 Å². The first-order valence-electron chi connectivity index (χ1n) is 5.75. The van der Waals surface area contributed by atoms with Gasteiger partial charge in [-0.1, -0.05) is 6.07 Å². The van der Waals surface area contributed by atoms with Crippen molar-refractivity contribution in [3.05, 3.63) is 23.3 Å². The maximum absolute atomic E-state index is 11.1. The predicted octanol–water partition coefficient (Wildman–Crippen LogP) is 0.978. The van der Waals surface area contributed by atoms with Gasteiger partial charge < -0.3 is 5.73 Å². The Bertz CT molecular complexity index is 646. The van der Waals surface area contributed by atoms with Crippen molar-refractivity contribution in [3.63, 3.8) is 0 Å². The van der Waals surface area contributed by atoms with Crippen molar-refractivity contribution >= 4 is 21.2 Å². The van der Waals surface area contributed by atoms with Crippen LogP contribution in [0.1, 0.15) is 18.3 Å². The maximum atomic E-state index is 11.1. The molecule has 2 rings (SSSR count). The molecule has 2 aromatic heterocycles. The van der Waals surface area contributed by atoms with Crippen LogP contribution in [-0.2, 0) is 16.9 Å². The average molecular weight is 300 g/mol. The molecule has 0 saturated carbocycles. The molecule has 6 nitrogen and oxygen atoms in total. The molecule has 8 heteroatoms. The van der Waals surface area contributed by atoms with Gasteiger partial charge in [-0.15, -0.1) is 11.3 Å². The normalized spacial score (nSPS) is 13.6. The van der Waals surface area contributed by atoms with Crippen LogP contribution in [0.4, 0.5) is 0 Å². The van der Waals surface area contributed by atoms with Gasteiger partial charge in [0.2, 0.25) is 0 Å². The smallest absolute Gasteiger partial charge is 0.191 e. The highest BCUT2D eigenvalue weighted by Crippen LogP contribution is 2.23.